The van der Waals surface area contributed by atoms with E-state index in [-0.39, 0.29) is 18.1 Å². The lowest BCUT2D eigenvalue weighted by atomic mass is 9.77. The van der Waals surface area contributed by atoms with Crippen molar-refractivity contribution in [3.05, 3.63) is 41.7 Å². The van der Waals surface area contributed by atoms with Crippen LogP contribution in [0.2, 0.25) is 0 Å². The van der Waals surface area contributed by atoms with Gasteiger partial charge in [0.1, 0.15) is 6.10 Å². The smallest absolute Gasteiger partial charge is 0.403 e. The van der Waals surface area contributed by atoms with E-state index in [0.29, 0.717) is 18.8 Å². The largest absolute Gasteiger partial charge is 0.573 e. The topological polar surface area (TPSA) is 18.5 Å². The van der Waals surface area contributed by atoms with Gasteiger partial charge in [-0.3, -0.25) is 0 Å². The number of benzene rings is 1. The third-order valence-corrected chi connectivity index (χ3v) is 5.25. The van der Waals surface area contributed by atoms with Crippen LogP contribution in [0.15, 0.2) is 30.4 Å². The summed E-state index contributed by atoms with van der Waals surface area (Å²) in [6.07, 6.45) is 0.176. The number of hydrogen-bond acceptors (Lipinski definition) is 2. The van der Waals surface area contributed by atoms with E-state index >= 15 is 0 Å². The fourth-order valence-electron chi connectivity index (χ4n) is 3.75. The second kappa shape index (κ2) is 10.9. The van der Waals surface area contributed by atoms with E-state index in [2.05, 4.69) is 10.8 Å². The molecule has 0 heterocycles. The summed E-state index contributed by atoms with van der Waals surface area (Å²) in [6.45, 7) is 1.66. The first kappa shape index (κ1) is 23.6. The highest BCUT2D eigenvalue weighted by molar-refractivity contribution is 5.29. The van der Waals surface area contributed by atoms with Gasteiger partial charge in [0, 0.05) is 0 Å². The van der Waals surface area contributed by atoms with E-state index in [4.69, 9.17) is 4.74 Å². The molecule has 29 heavy (non-hydrogen) atoms. The van der Waals surface area contributed by atoms with Crippen molar-refractivity contribution in [2.75, 3.05) is 0 Å². The number of hydrogen-bond donors (Lipinski definition) is 0. The van der Waals surface area contributed by atoms with Crippen LogP contribution in [0.5, 0.6) is 5.75 Å². The first-order valence-electron chi connectivity index (χ1n) is 9.74. The van der Waals surface area contributed by atoms with Crippen molar-refractivity contribution in [1.29, 1.82) is 0 Å². The predicted octanol–water partition coefficient (Wildman–Crippen LogP) is 7.04. The van der Waals surface area contributed by atoms with Gasteiger partial charge < -0.3 is 9.47 Å². The van der Waals surface area contributed by atoms with Crippen LogP contribution in [0.4, 0.5) is 26.3 Å². The highest BCUT2D eigenvalue weighted by Gasteiger charge is 2.34. The van der Waals surface area contributed by atoms with E-state index in [1.807, 2.05) is 13.0 Å². The molecule has 1 atom stereocenters. The van der Waals surface area contributed by atoms with E-state index in [1.54, 1.807) is 0 Å². The molecule has 1 saturated carbocycles. The number of allylic oxidation sites excluding steroid dienone is 2. The van der Waals surface area contributed by atoms with Gasteiger partial charge in [-0.15, -0.1) is 13.2 Å². The Hall–Kier alpha value is -1.70. The van der Waals surface area contributed by atoms with Crippen LogP contribution in [0, 0.1) is 17.7 Å². The molecule has 1 aromatic carbocycles. The molecule has 0 N–H and O–H groups in total. The lowest BCUT2D eigenvalue weighted by Crippen LogP contribution is -2.34. The molecule has 1 unspecified atom stereocenters. The molecular weight excluding hydrogens is 398 g/mol. The number of ether oxygens (including phenoxy) is 2. The number of halogens is 6. The van der Waals surface area contributed by atoms with Gasteiger partial charge >= 0.3 is 6.36 Å². The minimum absolute atomic E-state index is 0.169. The van der Waals surface area contributed by atoms with E-state index in [9.17, 15) is 26.3 Å². The molecule has 1 aliphatic carbocycles. The Morgan fingerprint density at radius 2 is 1.83 bits per heavy atom. The number of alkyl halides is 5. The highest BCUT2D eigenvalue weighted by atomic mass is 19.4. The van der Waals surface area contributed by atoms with E-state index in [0.717, 1.165) is 37.8 Å². The minimum Gasteiger partial charge on any atom is -0.403 e. The molecular formula is C21H26F6O2. The van der Waals surface area contributed by atoms with Crippen molar-refractivity contribution in [3.8, 4) is 5.75 Å². The van der Waals surface area contributed by atoms with Crippen molar-refractivity contribution in [2.24, 2.45) is 11.8 Å². The highest BCUT2D eigenvalue weighted by Crippen LogP contribution is 2.36. The van der Waals surface area contributed by atoms with E-state index < -0.39 is 30.5 Å². The van der Waals surface area contributed by atoms with Crippen LogP contribution < -0.4 is 4.74 Å². The lowest BCUT2D eigenvalue weighted by molar-refractivity contribution is -0.275. The molecule has 0 saturated heterocycles. The lowest BCUT2D eigenvalue weighted by Gasteiger charge is -2.33. The molecule has 0 bridgehead atoms. The quantitative estimate of drug-likeness (QED) is 0.313. The Balaban J connectivity index is 1.89. The van der Waals surface area contributed by atoms with Gasteiger partial charge in [-0.05, 0) is 62.1 Å². The van der Waals surface area contributed by atoms with Gasteiger partial charge in [0.15, 0.2) is 11.6 Å². The first-order chi connectivity index (χ1) is 13.7. The molecule has 2 nitrogen and oxygen atoms in total. The predicted molar refractivity (Wildman–Crippen MR) is 97.2 cm³/mol. The normalized spacial score (nSPS) is 21.7. The van der Waals surface area contributed by atoms with Gasteiger partial charge in [0.25, 0.3) is 6.43 Å². The Morgan fingerprint density at radius 3 is 2.38 bits per heavy atom. The van der Waals surface area contributed by atoms with Crippen LogP contribution in [0.25, 0.3) is 0 Å². The van der Waals surface area contributed by atoms with Crippen LogP contribution in [0.3, 0.4) is 0 Å². The molecule has 0 radical (unpaired) electrons. The van der Waals surface area contributed by atoms with Crippen molar-refractivity contribution in [2.45, 2.75) is 70.9 Å². The van der Waals surface area contributed by atoms with Crippen LogP contribution in [-0.2, 0) is 11.3 Å². The monoisotopic (exact) mass is 424 g/mol. The second-order valence-corrected chi connectivity index (χ2v) is 7.35. The van der Waals surface area contributed by atoms with Crippen molar-refractivity contribution >= 4 is 0 Å². The first-order valence-corrected chi connectivity index (χ1v) is 9.74. The van der Waals surface area contributed by atoms with Crippen LogP contribution >= 0.6 is 0 Å². The summed E-state index contributed by atoms with van der Waals surface area (Å²) < 4.78 is 86.2. The summed E-state index contributed by atoms with van der Waals surface area (Å²) in [6, 6.07) is 2.79. The third-order valence-electron chi connectivity index (χ3n) is 5.25. The zero-order valence-corrected chi connectivity index (χ0v) is 16.2. The SMILES string of the molecule is C/C=C/CCC1CCC(C(OCc2ccc(OC(F)(F)F)c(F)c2)C(F)F)CC1. The van der Waals surface area contributed by atoms with Gasteiger partial charge in [-0.1, -0.05) is 31.1 Å². The summed E-state index contributed by atoms with van der Waals surface area (Å²) >= 11 is 0. The fraction of sp³-hybridized carbons (Fsp3) is 0.619. The molecule has 164 valence electrons. The maximum Gasteiger partial charge on any atom is 0.573 e. The van der Waals surface area contributed by atoms with Crippen LogP contribution in [0.1, 0.15) is 51.0 Å². The average molecular weight is 424 g/mol. The zero-order chi connectivity index (χ0) is 21.4. The van der Waals surface area contributed by atoms with Crippen molar-refractivity contribution in [1.82, 2.24) is 0 Å². The molecule has 0 amide bonds. The molecule has 0 aliphatic heterocycles. The van der Waals surface area contributed by atoms with Gasteiger partial charge in [-0.25, -0.2) is 13.2 Å². The van der Waals surface area contributed by atoms with Crippen LogP contribution in [-0.4, -0.2) is 18.9 Å². The molecule has 1 aromatic rings. The molecule has 1 aliphatic rings. The summed E-state index contributed by atoms with van der Waals surface area (Å²) in [5, 5.41) is 0. The Labute approximate surface area is 166 Å². The maximum absolute atomic E-state index is 13.8. The molecule has 8 heteroatoms. The third kappa shape index (κ3) is 7.91. The zero-order valence-electron chi connectivity index (χ0n) is 16.2. The molecule has 0 aromatic heterocycles. The summed E-state index contributed by atoms with van der Waals surface area (Å²) in [4.78, 5) is 0. The Kier molecular flexibility index (Phi) is 8.86. The summed E-state index contributed by atoms with van der Waals surface area (Å²) in [7, 11) is 0. The average Bonchev–Trinajstić information content (AvgIpc) is 2.64. The molecule has 1 fully saturated rings. The molecule has 2 rings (SSSR count). The molecule has 0 spiro atoms. The Morgan fingerprint density at radius 1 is 1.14 bits per heavy atom. The maximum atomic E-state index is 13.8. The second-order valence-electron chi connectivity index (χ2n) is 7.35. The summed E-state index contributed by atoms with van der Waals surface area (Å²) in [5.41, 5.74) is 0.169. The van der Waals surface area contributed by atoms with Gasteiger partial charge in [0.2, 0.25) is 0 Å². The fourth-order valence-corrected chi connectivity index (χ4v) is 3.75. The van der Waals surface area contributed by atoms with Gasteiger partial charge in [0.05, 0.1) is 6.61 Å². The minimum atomic E-state index is -5.01. The van der Waals surface area contributed by atoms with E-state index in [1.165, 1.54) is 6.07 Å². The Bertz CT molecular complexity index is 651. The standard InChI is InChI=1S/C21H26F6O2/c1-2-3-4-5-14-6-9-16(10-7-14)19(20(23)24)28-13-15-8-11-18(17(22)12-15)29-21(25,26)27/h2-3,8,11-12,14,16,19-20H,4-7,9-10,13H2,1H3/b3-2+. The van der Waals surface area contributed by atoms with Crippen molar-refractivity contribution < 1.29 is 35.8 Å². The van der Waals surface area contributed by atoms with Crippen molar-refractivity contribution in [3.63, 3.8) is 0 Å². The summed E-state index contributed by atoms with van der Waals surface area (Å²) in [5.74, 6) is -1.96. The number of rotatable bonds is 9. The van der Waals surface area contributed by atoms with Gasteiger partial charge in [-0.2, -0.15) is 0 Å².